The van der Waals surface area contributed by atoms with Crippen LogP contribution in [-0.4, -0.2) is 115 Å². The summed E-state index contributed by atoms with van der Waals surface area (Å²) in [5, 5.41) is 10.8. The zero-order valence-electron chi connectivity index (χ0n) is 29.7. The second kappa shape index (κ2) is 17.1. The lowest BCUT2D eigenvalue weighted by Gasteiger charge is -2.35. The van der Waals surface area contributed by atoms with Gasteiger partial charge in [0.1, 0.15) is 0 Å². The minimum absolute atomic E-state index is 0.130. The van der Waals surface area contributed by atoms with Gasteiger partial charge in [-0.15, -0.1) is 6.58 Å². The molecule has 0 spiro atoms. The average Bonchev–Trinajstić information content (AvgIpc) is 3.37. The number of carbonyl (C=O) groups is 2. The van der Waals surface area contributed by atoms with Crippen molar-refractivity contribution in [2.24, 2.45) is 17.1 Å². The van der Waals surface area contributed by atoms with Crippen LogP contribution in [0.3, 0.4) is 0 Å². The molecule has 3 aliphatic heterocycles. The van der Waals surface area contributed by atoms with Crippen LogP contribution in [0.25, 0.3) is 5.70 Å². The summed E-state index contributed by atoms with van der Waals surface area (Å²) in [4.78, 5) is 36.4. The Balaban J connectivity index is 1.75. The van der Waals surface area contributed by atoms with Crippen LogP contribution in [0.2, 0.25) is 0 Å². The van der Waals surface area contributed by atoms with E-state index in [9.17, 15) is 9.59 Å². The first-order chi connectivity index (χ1) is 22.9. The van der Waals surface area contributed by atoms with Crippen LogP contribution in [0.1, 0.15) is 70.7 Å². The third-order valence-corrected chi connectivity index (χ3v) is 10.8. The third kappa shape index (κ3) is 8.97. The van der Waals surface area contributed by atoms with E-state index in [1.807, 2.05) is 19.2 Å². The van der Waals surface area contributed by atoms with Gasteiger partial charge in [-0.3, -0.25) is 25.0 Å². The molecule has 12 nitrogen and oxygen atoms in total. The Hall–Kier alpha value is -2.97. The molecule has 2 saturated heterocycles. The Labute approximate surface area is 290 Å². The van der Waals surface area contributed by atoms with Crippen molar-refractivity contribution in [3.63, 3.8) is 0 Å². The van der Waals surface area contributed by atoms with Gasteiger partial charge in [0, 0.05) is 81.9 Å². The largest absolute Gasteiger partial charge is 0.467 e. The van der Waals surface area contributed by atoms with Gasteiger partial charge < -0.3 is 29.9 Å². The smallest absolute Gasteiger partial charge is 0.293 e. The lowest BCUT2D eigenvalue weighted by Crippen LogP contribution is -2.53. The SMILES string of the molecule is C=CC1C(CC(C)(C)COC=O)=C(c2cc(N3CCN(C)CC3)cnc2[C@H](C)OC)N(CC)C1SC(=N)C[C@H](N)C(=O)N1CCCCN1. The van der Waals surface area contributed by atoms with Crippen molar-refractivity contribution >= 4 is 40.6 Å². The Morgan fingerprint density at radius 1 is 1.27 bits per heavy atom. The van der Waals surface area contributed by atoms with Crippen LogP contribution in [-0.2, 0) is 19.1 Å². The van der Waals surface area contributed by atoms with E-state index in [0.717, 1.165) is 73.8 Å². The first kappa shape index (κ1) is 37.8. The molecule has 0 aliphatic carbocycles. The number of hydrogen-bond donors (Lipinski definition) is 3. The summed E-state index contributed by atoms with van der Waals surface area (Å²) in [6, 6.07) is 1.44. The summed E-state index contributed by atoms with van der Waals surface area (Å²) in [5.41, 5.74) is 14.3. The summed E-state index contributed by atoms with van der Waals surface area (Å²) < 4.78 is 11.1. The molecule has 1 aromatic heterocycles. The van der Waals surface area contributed by atoms with Gasteiger partial charge in [-0.1, -0.05) is 31.7 Å². The fourth-order valence-electron chi connectivity index (χ4n) is 6.81. The zero-order valence-corrected chi connectivity index (χ0v) is 30.5. The van der Waals surface area contributed by atoms with Crippen LogP contribution in [0.15, 0.2) is 30.5 Å². The lowest BCUT2D eigenvalue weighted by atomic mass is 9.81. The fourth-order valence-corrected chi connectivity index (χ4v) is 8.18. The van der Waals surface area contributed by atoms with E-state index >= 15 is 0 Å². The second-order valence-electron chi connectivity index (χ2n) is 13.8. The minimum atomic E-state index is -0.806. The number of nitrogens with zero attached hydrogens (tertiary/aromatic N) is 5. The van der Waals surface area contributed by atoms with E-state index in [0.29, 0.717) is 31.0 Å². The highest BCUT2D eigenvalue weighted by Gasteiger charge is 2.43. The monoisotopic (exact) mass is 684 g/mol. The maximum atomic E-state index is 13.1. The van der Waals surface area contributed by atoms with E-state index in [4.69, 9.17) is 25.6 Å². The van der Waals surface area contributed by atoms with Gasteiger partial charge in [-0.05, 0) is 51.8 Å². The number of pyridine rings is 1. The molecule has 0 aromatic carbocycles. The Bertz CT molecular complexity index is 1330. The van der Waals surface area contributed by atoms with Gasteiger partial charge >= 0.3 is 0 Å². The highest BCUT2D eigenvalue weighted by atomic mass is 32.2. The summed E-state index contributed by atoms with van der Waals surface area (Å²) in [6.45, 7) is 19.2. The number of aromatic nitrogens is 1. The molecule has 1 amide bonds. The number of anilines is 1. The predicted octanol–water partition coefficient (Wildman–Crippen LogP) is 3.86. The summed E-state index contributed by atoms with van der Waals surface area (Å²) in [5.74, 6) is -0.310. The van der Waals surface area contributed by atoms with Gasteiger partial charge in [0.05, 0.1) is 46.7 Å². The van der Waals surface area contributed by atoms with E-state index < -0.39 is 6.04 Å². The number of rotatable bonds is 15. The number of ether oxygens (including phenoxy) is 2. The first-order valence-electron chi connectivity index (χ1n) is 17.1. The number of hydrazine groups is 1. The standard InChI is InChI=1S/C35H56N8O4S/c1-8-26-28(20-35(4,5)22-47-23-44)32(27-18-25(21-38-31(27)24(3)46-7)41-16-14-40(6)15-17-41)42(9-2)34(26)48-30(37)19-29(36)33(45)43-13-11-10-12-39-43/h8,18,21,23-24,26,29,34,37,39H,1,9-17,19-20,22,36H2,2-7H3/t24-,26?,29-,34?/m0/s1. The quantitative estimate of drug-likeness (QED) is 0.107. The number of likely N-dealkylation sites (N-methyl/N-ethyl adjacent to an activating group) is 1. The number of nitrogens with two attached hydrogens (primary N) is 1. The van der Waals surface area contributed by atoms with Crippen LogP contribution in [0.5, 0.6) is 0 Å². The van der Waals surface area contributed by atoms with E-state index in [-0.39, 0.29) is 41.7 Å². The van der Waals surface area contributed by atoms with Crippen molar-refractivity contribution in [2.45, 2.75) is 70.9 Å². The maximum Gasteiger partial charge on any atom is 0.293 e. The molecule has 3 aliphatic rings. The van der Waals surface area contributed by atoms with Crippen LogP contribution < -0.4 is 16.1 Å². The number of amides is 1. The number of thioether (sulfide) groups is 1. The molecule has 2 fully saturated rings. The Kier molecular flexibility index (Phi) is 13.5. The zero-order chi connectivity index (χ0) is 35.0. The molecule has 4 rings (SSSR count). The van der Waals surface area contributed by atoms with Crippen molar-refractivity contribution in [3.8, 4) is 0 Å². The van der Waals surface area contributed by atoms with Crippen molar-refractivity contribution in [1.82, 2.24) is 25.2 Å². The molecule has 266 valence electrons. The van der Waals surface area contributed by atoms with Crippen LogP contribution in [0, 0.1) is 16.7 Å². The highest BCUT2D eigenvalue weighted by molar-refractivity contribution is 8.14. The highest BCUT2D eigenvalue weighted by Crippen LogP contribution is 2.50. The van der Waals surface area contributed by atoms with Crippen LogP contribution in [0.4, 0.5) is 5.69 Å². The van der Waals surface area contributed by atoms with Gasteiger partial charge in [-0.25, -0.2) is 5.43 Å². The third-order valence-electron chi connectivity index (χ3n) is 9.54. The molecular weight excluding hydrogens is 629 g/mol. The van der Waals surface area contributed by atoms with Crippen molar-refractivity contribution in [2.75, 3.05) is 71.5 Å². The van der Waals surface area contributed by atoms with Crippen molar-refractivity contribution in [1.29, 1.82) is 5.41 Å². The molecule has 13 heteroatoms. The normalized spacial score (nSPS) is 22.1. The van der Waals surface area contributed by atoms with Crippen molar-refractivity contribution in [3.05, 3.63) is 41.7 Å². The molecule has 0 saturated carbocycles. The van der Waals surface area contributed by atoms with E-state index in [1.54, 1.807) is 12.1 Å². The van der Waals surface area contributed by atoms with Crippen molar-refractivity contribution < 1.29 is 19.1 Å². The first-order valence-corrected chi connectivity index (χ1v) is 18.0. The fraction of sp³-hybridized carbons (Fsp3) is 0.657. The summed E-state index contributed by atoms with van der Waals surface area (Å²) in [7, 11) is 3.84. The van der Waals surface area contributed by atoms with E-state index in [1.165, 1.54) is 11.8 Å². The summed E-state index contributed by atoms with van der Waals surface area (Å²) in [6.07, 6.45) is 6.39. The van der Waals surface area contributed by atoms with Crippen LogP contribution >= 0.6 is 11.8 Å². The van der Waals surface area contributed by atoms with Gasteiger partial charge in [0.2, 0.25) is 0 Å². The molecule has 2 unspecified atom stereocenters. The Morgan fingerprint density at radius 2 is 2.00 bits per heavy atom. The van der Waals surface area contributed by atoms with Gasteiger partial charge in [0.25, 0.3) is 12.4 Å². The number of methoxy groups -OCH3 is 1. The Morgan fingerprint density at radius 3 is 2.60 bits per heavy atom. The second-order valence-corrected chi connectivity index (χ2v) is 15.0. The number of piperazine rings is 1. The molecule has 4 heterocycles. The van der Waals surface area contributed by atoms with Gasteiger partial charge in [0.15, 0.2) is 0 Å². The molecule has 0 bridgehead atoms. The predicted molar refractivity (Wildman–Crippen MR) is 193 cm³/mol. The van der Waals surface area contributed by atoms with Gasteiger partial charge in [-0.2, -0.15) is 0 Å². The average molecular weight is 685 g/mol. The minimum Gasteiger partial charge on any atom is -0.467 e. The maximum absolute atomic E-state index is 13.1. The molecule has 4 N–H and O–H groups in total. The van der Waals surface area contributed by atoms with E-state index in [2.05, 4.69) is 60.6 Å². The molecule has 0 radical (unpaired) electrons. The number of nitrogens with one attached hydrogen (secondary N) is 2. The number of hydrogen-bond acceptors (Lipinski definition) is 12. The molecule has 1 aromatic rings. The lowest BCUT2D eigenvalue weighted by molar-refractivity contribution is -0.136. The topological polar surface area (TPSA) is 140 Å². The molecular formula is C35H56N8O4S. The molecule has 4 atom stereocenters. The molecule has 48 heavy (non-hydrogen) atoms. The summed E-state index contributed by atoms with van der Waals surface area (Å²) >= 11 is 1.43. The number of carbonyl (C=O) groups excluding carboxylic acids is 2.